The zero-order valence-corrected chi connectivity index (χ0v) is 13.5. The largest absolute Gasteiger partial charge is 0.281 e. The third-order valence-electron chi connectivity index (χ3n) is 2.67. The first-order valence-electron chi connectivity index (χ1n) is 6.23. The van der Waals surface area contributed by atoms with Crippen LogP contribution >= 0.6 is 15.9 Å². The minimum atomic E-state index is -3.46. The highest BCUT2D eigenvalue weighted by Gasteiger charge is 2.22. The summed E-state index contributed by atoms with van der Waals surface area (Å²) in [5.41, 5.74) is 0.441. The molecule has 4 nitrogen and oxygen atoms in total. The number of rotatable bonds is 7. The van der Waals surface area contributed by atoms with Crippen LogP contribution in [0, 0.1) is 0 Å². The summed E-state index contributed by atoms with van der Waals surface area (Å²) in [6, 6.07) is 5.98. The third kappa shape index (κ3) is 4.12. The molecule has 0 saturated carbocycles. The predicted molar refractivity (Wildman–Crippen MR) is 79.0 cm³/mol. The minimum Gasteiger partial charge on any atom is -0.281 e. The van der Waals surface area contributed by atoms with Crippen molar-refractivity contribution in [1.82, 2.24) is 4.31 Å². The summed E-state index contributed by atoms with van der Waals surface area (Å²) in [6.45, 7) is 4.92. The van der Waals surface area contributed by atoms with Crippen LogP contribution in [-0.4, -0.2) is 30.5 Å². The fraction of sp³-hybridized carbons (Fsp3) is 0.462. The van der Waals surface area contributed by atoms with Gasteiger partial charge in [0.1, 0.15) is 0 Å². The molecule has 0 bridgehead atoms. The normalized spacial score (nSPS) is 11.8. The van der Waals surface area contributed by atoms with Crippen molar-refractivity contribution in [3.05, 3.63) is 29.8 Å². The van der Waals surface area contributed by atoms with Crippen molar-refractivity contribution in [3.8, 4) is 0 Å². The van der Waals surface area contributed by atoms with Crippen molar-refractivity contribution in [1.29, 1.82) is 0 Å². The Hall–Kier alpha value is -0.720. The molecule has 6 heteroatoms. The van der Waals surface area contributed by atoms with Crippen LogP contribution in [0.5, 0.6) is 0 Å². The van der Waals surface area contributed by atoms with E-state index < -0.39 is 10.0 Å². The van der Waals surface area contributed by atoms with Gasteiger partial charge in [0.05, 0.1) is 4.90 Å². The first-order chi connectivity index (χ1) is 8.93. The lowest BCUT2D eigenvalue weighted by atomic mass is 10.2. The molecule has 0 unspecified atom stereocenters. The van der Waals surface area contributed by atoms with Gasteiger partial charge < -0.3 is 0 Å². The van der Waals surface area contributed by atoms with Crippen LogP contribution in [0.4, 0.5) is 0 Å². The van der Waals surface area contributed by atoms with E-state index in [0.29, 0.717) is 18.7 Å². The molecule has 0 spiro atoms. The molecular weight excluding hydrogens is 330 g/mol. The quantitative estimate of drug-likeness (QED) is 0.712. The van der Waals surface area contributed by atoms with Gasteiger partial charge in [0.2, 0.25) is 14.7 Å². The molecule has 0 aliphatic rings. The van der Waals surface area contributed by atoms with Gasteiger partial charge in [-0.15, -0.1) is 0 Å². The summed E-state index contributed by atoms with van der Waals surface area (Å²) in [5.74, 6) is 0. The number of hydrogen-bond acceptors (Lipinski definition) is 3. The second-order valence-corrected chi connectivity index (χ2v) is 6.86. The van der Waals surface area contributed by atoms with Gasteiger partial charge in [-0.25, -0.2) is 8.42 Å². The van der Waals surface area contributed by atoms with Crippen LogP contribution in [0.15, 0.2) is 29.2 Å². The van der Waals surface area contributed by atoms with Crippen molar-refractivity contribution in [2.24, 2.45) is 0 Å². The van der Waals surface area contributed by atoms with Gasteiger partial charge in [-0.1, -0.05) is 13.8 Å². The van der Waals surface area contributed by atoms with Crippen molar-refractivity contribution in [2.75, 3.05) is 13.1 Å². The molecule has 0 atom stereocenters. The summed E-state index contributed by atoms with van der Waals surface area (Å²) in [7, 11) is -3.46. The standard InChI is InChI=1S/C13H18BrNO3S/c1-3-9-15(10-4-2)19(17,18)12-7-5-11(6-8-12)13(14)16/h5-8H,3-4,9-10H2,1-2H3. The zero-order chi connectivity index (χ0) is 14.5. The van der Waals surface area contributed by atoms with E-state index in [2.05, 4.69) is 15.9 Å². The Morgan fingerprint density at radius 1 is 1.11 bits per heavy atom. The molecule has 106 valence electrons. The van der Waals surface area contributed by atoms with E-state index in [1.165, 1.54) is 28.6 Å². The van der Waals surface area contributed by atoms with Gasteiger partial charge >= 0.3 is 0 Å². The topological polar surface area (TPSA) is 54.5 Å². The molecule has 1 aromatic carbocycles. The number of sulfonamides is 1. The second kappa shape index (κ2) is 7.17. The molecule has 0 N–H and O–H groups in total. The lowest BCUT2D eigenvalue weighted by Gasteiger charge is -2.21. The Bertz CT molecular complexity index is 519. The van der Waals surface area contributed by atoms with Crippen LogP contribution < -0.4 is 0 Å². The minimum absolute atomic E-state index is 0.229. The third-order valence-corrected chi connectivity index (χ3v) is 5.04. The molecule has 0 aliphatic heterocycles. The Morgan fingerprint density at radius 3 is 1.95 bits per heavy atom. The molecule has 1 aromatic rings. The van der Waals surface area contributed by atoms with Crippen molar-refractivity contribution in [2.45, 2.75) is 31.6 Å². The first-order valence-corrected chi connectivity index (χ1v) is 8.46. The Kier molecular flexibility index (Phi) is 6.16. The van der Waals surface area contributed by atoms with Crippen LogP contribution in [0.1, 0.15) is 37.0 Å². The second-order valence-electron chi connectivity index (χ2n) is 4.20. The van der Waals surface area contributed by atoms with Gasteiger partial charge in [-0.2, -0.15) is 4.31 Å². The molecule has 0 radical (unpaired) electrons. The maximum atomic E-state index is 12.4. The summed E-state index contributed by atoms with van der Waals surface area (Å²) >= 11 is 2.84. The lowest BCUT2D eigenvalue weighted by Crippen LogP contribution is -2.32. The lowest BCUT2D eigenvalue weighted by molar-refractivity contribution is 0.109. The molecule has 0 aromatic heterocycles. The average Bonchev–Trinajstić information content (AvgIpc) is 2.38. The summed E-state index contributed by atoms with van der Waals surface area (Å²) in [4.78, 5) is 11.3. The molecule has 0 heterocycles. The fourth-order valence-electron chi connectivity index (χ4n) is 1.76. The first kappa shape index (κ1) is 16.3. The maximum Gasteiger partial charge on any atom is 0.243 e. The van der Waals surface area contributed by atoms with Crippen LogP contribution in [0.3, 0.4) is 0 Å². The van der Waals surface area contributed by atoms with E-state index >= 15 is 0 Å². The molecule has 0 amide bonds. The number of carbonyl (C=O) groups excluding carboxylic acids is 1. The van der Waals surface area contributed by atoms with Gasteiger partial charge in [-0.3, -0.25) is 4.79 Å². The average molecular weight is 348 g/mol. The van der Waals surface area contributed by atoms with Gasteiger partial charge in [-0.05, 0) is 53.0 Å². The van der Waals surface area contributed by atoms with Gasteiger partial charge in [0.15, 0.2) is 0 Å². The number of nitrogens with zero attached hydrogens (tertiary/aromatic N) is 1. The number of halogens is 1. The fourth-order valence-corrected chi connectivity index (χ4v) is 3.65. The van der Waals surface area contributed by atoms with Crippen molar-refractivity contribution < 1.29 is 13.2 Å². The summed E-state index contributed by atoms with van der Waals surface area (Å²) in [5, 5.41) is 0. The van der Waals surface area contributed by atoms with E-state index in [1.54, 1.807) is 0 Å². The van der Waals surface area contributed by atoms with Crippen molar-refractivity contribution in [3.63, 3.8) is 0 Å². The van der Waals surface area contributed by atoms with Crippen molar-refractivity contribution >= 4 is 30.6 Å². The Balaban J connectivity index is 3.07. The monoisotopic (exact) mass is 347 g/mol. The molecule has 19 heavy (non-hydrogen) atoms. The Morgan fingerprint density at radius 2 is 1.58 bits per heavy atom. The SMILES string of the molecule is CCCN(CCC)S(=O)(=O)c1ccc(C(=O)Br)cc1. The highest BCUT2D eigenvalue weighted by atomic mass is 79.9. The number of carbonyl (C=O) groups is 1. The number of benzene rings is 1. The summed E-state index contributed by atoms with van der Waals surface area (Å²) in [6.07, 6.45) is 1.55. The molecule has 0 fully saturated rings. The number of hydrogen-bond donors (Lipinski definition) is 0. The van der Waals surface area contributed by atoms with Gasteiger partial charge in [0, 0.05) is 18.7 Å². The van der Waals surface area contributed by atoms with Crippen LogP contribution in [0.2, 0.25) is 0 Å². The van der Waals surface area contributed by atoms with Crippen LogP contribution in [0.25, 0.3) is 0 Å². The highest BCUT2D eigenvalue weighted by molar-refractivity contribution is 9.18. The zero-order valence-electron chi connectivity index (χ0n) is 11.1. The van der Waals surface area contributed by atoms with E-state index in [-0.39, 0.29) is 9.59 Å². The molecule has 1 rings (SSSR count). The molecule has 0 aliphatic carbocycles. The van der Waals surface area contributed by atoms with E-state index in [1.807, 2.05) is 13.8 Å². The molecular formula is C13H18BrNO3S. The smallest absolute Gasteiger partial charge is 0.243 e. The summed E-state index contributed by atoms with van der Waals surface area (Å²) < 4.78 is 26.1. The maximum absolute atomic E-state index is 12.4. The van der Waals surface area contributed by atoms with E-state index in [4.69, 9.17) is 0 Å². The predicted octanol–water partition coefficient (Wildman–Crippen LogP) is 3.03. The van der Waals surface area contributed by atoms with E-state index in [0.717, 1.165) is 12.8 Å². The highest BCUT2D eigenvalue weighted by Crippen LogP contribution is 2.18. The van der Waals surface area contributed by atoms with E-state index in [9.17, 15) is 13.2 Å². The van der Waals surface area contributed by atoms with Gasteiger partial charge in [0.25, 0.3) is 0 Å². The molecule has 0 saturated heterocycles. The van der Waals surface area contributed by atoms with Crippen LogP contribution in [-0.2, 0) is 10.0 Å². The Labute approximate surface area is 123 Å².